The highest BCUT2D eigenvalue weighted by molar-refractivity contribution is 7.99. The van der Waals surface area contributed by atoms with Gasteiger partial charge in [0.05, 0.1) is 11.7 Å². The van der Waals surface area contributed by atoms with E-state index >= 15 is 0 Å². The van der Waals surface area contributed by atoms with E-state index in [0.29, 0.717) is 24.8 Å². The van der Waals surface area contributed by atoms with Crippen LogP contribution in [0.15, 0.2) is 9.95 Å². The van der Waals surface area contributed by atoms with Crippen LogP contribution in [0.4, 0.5) is 0 Å². The second kappa shape index (κ2) is 7.48. The Morgan fingerprint density at radius 2 is 2.27 bits per heavy atom. The Bertz CT molecular complexity index is 597. The van der Waals surface area contributed by atoms with Gasteiger partial charge in [0.15, 0.2) is 5.16 Å². The maximum Gasteiger partial charge on any atom is 0.343 e. The summed E-state index contributed by atoms with van der Waals surface area (Å²) in [5.41, 5.74) is 5.06. The number of carbonyl (C=O) groups excluding carboxylic acids is 2. The average Bonchev–Trinajstić information content (AvgIpc) is 2.86. The van der Waals surface area contributed by atoms with E-state index in [1.165, 1.54) is 16.3 Å². The van der Waals surface area contributed by atoms with E-state index in [1.807, 2.05) is 6.92 Å². The molecular weight excluding hydrogens is 306 g/mol. The van der Waals surface area contributed by atoms with E-state index < -0.39 is 0 Å². The number of primary amides is 1. The summed E-state index contributed by atoms with van der Waals surface area (Å²) in [6, 6.07) is 0. The highest BCUT2D eigenvalue weighted by atomic mass is 32.2. The van der Waals surface area contributed by atoms with Gasteiger partial charge in [0.1, 0.15) is 0 Å². The third-order valence-electron chi connectivity index (χ3n) is 3.67. The lowest BCUT2D eigenvalue weighted by atomic mass is 9.97. The Morgan fingerprint density at radius 1 is 1.50 bits per heavy atom. The summed E-state index contributed by atoms with van der Waals surface area (Å²) in [7, 11) is 0. The lowest BCUT2D eigenvalue weighted by molar-refractivity contribution is -0.132. The van der Waals surface area contributed by atoms with Crippen molar-refractivity contribution in [1.29, 1.82) is 0 Å². The van der Waals surface area contributed by atoms with Crippen molar-refractivity contribution in [3.05, 3.63) is 10.5 Å². The molecule has 122 valence electrons. The fraction of sp³-hybridized carbons (Fsp3) is 0.692. The monoisotopic (exact) mass is 327 g/mol. The summed E-state index contributed by atoms with van der Waals surface area (Å²) in [5, 5.41) is 6.85. The first-order chi connectivity index (χ1) is 10.5. The molecule has 0 aromatic carbocycles. The normalized spacial score (nSPS) is 18.4. The zero-order chi connectivity index (χ0) is 16.1. The lowest BCUT2D eigenvalue weighted by Crippen LogP contribution is -2.44. The van der Waals surface area contributed by atoms with Crippen LogP contribution in [0.2, 0.25) is 0 Å². The predicted molar refractivity (Wildman–Crippen MR) is 82.4 cm³/mol. The molecule has 1 aliphatic heterocycles. The van der Waals surface area contributed by atoms with Crippen LogP contribution in [0, 0.1) is 5.92 Å². The van der Waals surface area contributed by atoms with Crippen molar-refractivity contribution >= 4 is 23.6 Å². The summed E-state index contributed by atoms with van der Waals surface area (Å²) in [4.78, 5) is 36.7. The van der Waals surface area contributed by atoms with E-state index in [9.17, 15) is 14.4 Å². The molecule has 2 amide bonds. The molecule has 1 aromatic rings. The van der Waals surface area contributed by atoms with Crippen molar-refractivity contribution < 1.29 is 9.59 Å². The smallest absolute Gasteiger partial charge is 0.343 e. The second-order valence-electron chi connectivity index (χ2n) is 5.33. The lowest BCUT2D eigenvalue weighted by Gasteiger charge is -2.31. The molecule has 2 rings (SSSR count). The Morgan fingerprint density at radius 3 is 2.95 bits per heavy atom. The summed E-state index contributed by atoms with van der Waals surface area (Å²) in [5.74, 6) is -0.477. The standard InChI is InChI=1S/C13H21N5O3S/c1-2-5-18-12(21)15-16-13(18)22-8-10(19)17-6-3-4-9(7-17)11(14)20/h9H,2-8H2,1H3,(H2,14,20)(H,15,21)/t9-/m0/s1. The zero-order valence-electron chi connectivity index (χ0n) is 12.6. The number of nitrogens with two attached hydrogens (primary N) is 1. The maximum atomic E-state index is 12.2. The molecule has 0 saturated carbocycles. The van der Waals surface area contributed by atoms with Crippen LogP contribution in [0.5, 0.6) is 0 Å². The number of rotatable bonds is 6. The molecule has 22 heavy (non-hydrogen) atoms. The van der Waals surface area contributed by atoms with Crippen LogP contribution < -0.4 is 11.4 Å². The van der Waals surface area contributed by atoms with Gasteiger partial charge in [-0.15, -0.1) is 5.10 Å². The molecule has 1 saturated heterocycles. The quantitative estimate of drug-likeness (QED) is 0.702. The van der Waals surface area contributed by atoms with E-state index in [1.54, 1.807) is 4.90 Å². The van der Waals surface area contributed by atoms with Gasteiger partial charge in [-0.2, -0.15) is 0 Å². The Balaban J connectivity index is 1.92. The molecule has 3 N–H and O–H groups in total. The van der Waals surface area contributed by atoms with Crippen molar-refractivity contribution in [3.63, 3.8) is 0 Å². The Kier molecular flexibility index (Phi) is 5.64. The van der Waals surface area contributed by atoms with Crippen LogP contribution in [0.3, 0.4) is 0 Å². The number of aromatic amines is 1. The van der Waals surface area contributed by atoms with Gasteiger partial charge in [-0.3, -0.25) is 14.2 Å². The first-order valence-corrected chi connectivity index (χ1v) is 8.36. The second-order valence-corrected chi connectivity index (χ2v) is 6.28. The van der Waals surface area contributed by atoms with Gasteiger partial charge < -0.3 is 10.6 Å². The van der Waals surface area contributed by atoms with Gasteiger partial charge in [0.2, 0.25) is 11.8 Å². The molecule has 1 atom stereocenters. The van der Waals surface area contributed by atoms with Crippen molar-refractivity contribution in [2.45, 2.75) is 37.9 Å². The molecular formula is C13H21N5O3S. The number of amides is 2. The molecule has 0 unspecified atom stereocenters. The Labute approximate surface area is 132 Å². The van der Waals surface area contributed by atoms with E-state index in [-0.39, 0.29) is 29.2 Å². The molecule has 0 bridgehead atoms. The van der Waals surface area contributed by atoms with Gasteiger partial charge in [-0.1, -0.05) is 18.7 Å². The number of carbonyl (C=O) groups is 2. The average molecular weight is 327 g/mol. The van der Waals surface area contributed by atoms with Crippen LogP contribution in [0.25, 0.3) is 0 Å². The molecule has 2 heterocycles. The molecule has 9 heteroatoms. The highest BCUT2D eigenvalue weighted by Crippen LogP contribution is 2.19. The van der Waals surface area contributed by atoms with E-state index in [0.717, 1.165) is 19.3 Å². The van der Waals surface area contributed by atoms with Crippen molar-refractivity contribution in [3.8, 4) is 0 Å². The molecule has 1 aromatic heterocycles. The third-order valence-corrected chi connectivity index (χ3v) is 4.63. The minimum Gasteiger partial charge on any atom is -0.369 e. The minimum absolute atomic E-state index is 0.0607. The molecule has 0 aliphatic carbocycles. The fourth-order valence-corrected chi connectivity index (χ4v) is 3.36. The number of thioether (sulfide) groups is 1. The molecule has 0 radical (unpaired) electrons. The fourth-order valence-electron chi connectivity index (χ4n) is 2.49. The van der Waals surface area contributed by atoms with E-state index in [4.69, 9.17) is 5.73 Å². The number of aromatic nitrogens is 3. The van der Waals surface area contributed by atoms with Gasteiger partial charge in [-0.05, 0) is 19.3 Å². The topological polar surface area (TPSA) is 114 Å². The Hall–Kier alpha value is -1.77. The molecule has 1 fully saturated rings. The largest absolute Gasteiger partial charge is 0.369 e. The number of likely N-dealkylation sites (tertiary alicyclic amines) is 1. The summed E-state index contributed by atoms with van der Waals surface area (Å²) >= 11 is 1.23. The van der Waals surface area contributed by atoms with Crippen LogP contribution in [0.1, 0.15) is 26.2 Å². The SMILES string of the molecule is CCCn1c(SCC(=O)N2CCC[C@H](C(N)=O)C2)n[nH]c1=O. The van der Waals surface area contributed by atoms with Crippen LogP contribution in [-0.4, -0.2) is 50.3 Å². The number of hydrogen-bond donors (Lipinski definition) is 2. The third kappa shape index (κ3) is 3.90. The minimum atomic E-state index is -0.353. The number of nitrogens with zero attached hydrogens (tertiary/aromatic N) is 3. The van der Waals surface area contributed by atoms with Crippen molar-refractivity contribution in [1.82, 2.24) is 19.7 Å². The maximum absolute atomic E-state index is 12.2. The van der Waals surface area contributed by atoms with Gasteiger partial charge in [0.25, 0.3) is 0 Å². The summed E-state index contributed by atoms with van der Waals surface area (Å²) < 4.78 is 1.53. The van der Waals surface area contributed by atoms with Gasteiger partial charge in [0, 0.05) is 19.6 Å². The zero-order valence-corrected chi connectivity index (χ0v) is 13.4. The highest BCUT2D eigenvalue weighted by Gasteiger charge is 2.27. The molecule has 0 spiro atoms. The number of piperidine rings is 1. The summed E-state index contributed by atoms with van der Waals surface area (Å²) in [6.07, 6.45) is 2.34. The first-order valence-electron chi connectivity index (χ1n) is 7.38. The van der Waals surface area contributed by atoms with Crippen molar-refractivity contribution in [2.75, 3.05) is 18.8 Å². The van der Waals surface area contributed by atoms with Crippen molar-refractivity contribution in [2.24, 2.45) is 11.7 Å². The number of H-pyrrole nitrogens is 1. The predicted octanol–water partition coefficient (Wildman–Crippen LogP) is -0.203. The number of nitrogens with one attached hydrogen (secondary N) is 1. The van der Waals surface area contributed by atoms with Crippen LogP contribution in [-0.2, 0) is 16.1 Å². The van der Waals surface area contributed by atoms with Gasteiger partial charge >= 0.3 is 5.69 Å². The first kappa shape index (κ1) is 16.6. The molecule has 1 aliphatic rings. The van der Waals surface area contributed by atoms with E-state index in [2.05, 4.69) is 10.2 Å². The number of hydrogen-bond acceptors (Lipinski definition) is 5. The summed E-state index contributed by atoms with van der Waals surface area (Å²) in [6.45, 7) is 3.57. The van der Waals surface area contributed by atoms with Crippen LogP contribution >= 0.6 is 11.8 Å². The van der Waals surface area contributed by atoms with Gasteiger partial charge in [-0.25, -0.2) is 9.89 Å². The molecule has 8 nitrogen and oxygen atoms in total.